The summed E-state index contributed by atoms with van der Waals surface area (Å²) in [6.07, 6.45) is 0.496. The zero-order valence-corrected chi connectivity index (χ0v) is 11.9. The minimum atomic E-state index is 0.0627. The van der Waals surface area contributed by atoms with Crippen LogP contribution in [-0.2, 0) is 13.0 Å². The van der Waals surface area contributed by atoms with Crippen molar-refractivity contribution < 1.29 is 14.4 Å². The number of nitrogens with zero attached hydrogens (tertiary/aromatic N) is 1. The average molecular weight is 283 g/mol. The molecule has 0 unspecified atom stereocenters. The number of benzene rings is 2. The molecule has 1 heterocycles. The first kappa shape index (κ1) is 13.6. The van der Waals surface area contributed by atoms with Crippen LogP contribution in [0.25, 0.3) is 11.0 Å². The summed E-state index contributed by atoms with van der Waals surface area (Å²) in [5, 5.41) is 13.9. The van der Waals surface area contributed by atoms with E-state index in [0.29, 0.717) is 18.6 Å². The zero-order chi connectivity index (χ0) is 14.7. The van der Waals surface area contributed by atoms with Gasteiger partial charge in [-0.1, -0.05) is 29.4 Å². The lowest BCUT2D eigenvalue weighted by Crippen LogP contribution is -1.97. The lowest BCUT2D eigenvalue weighted by Gasteiger charge is -2.08. The molecule has 1 N–H and O–H groups in total. The first-order valence-corrected chi connectivity index (χ1v) is 6.94. The summed E-state index contributed by atoms with van der Waals surface area (Å²) in [5.74, 6) is 0.748. The van der Waals surface area contributed by atoms with E-state index in [-0.39, 0.29) is 6.61 Å². The maximum atomic E-state index is 8.98. The Hall–Kier alpha value is -2.33. The predicted molar refractivity (Wildman–Crippen MR) is 80.3 cm³/mol. The van der Waals surface area contributed by atoms with Crippen LogP contribution in [-0.4, -0.2) is 16.9 Å². The van der Waals surface area contributed by atoms with Gasteiger partial charge in [-0.3, -0.25) is 0 Å². The molecule has 0 aliphatic heterocycles. The number of ether oxygens (including phenoxy) is 1. The maximum absolute atomic E-state index is 8.98. The normalized spacial score (nSPS) is 11.0. The van der Waals surface area contributed by atoms with E-state index in [4.69, 9.17) is 14.4 Å². The Balaban J connectivity index is 1.77. The van der Waals surface area contributed by atoms with Crippen molar-refractivity contribution in [2.45, 2.75) is 20.0 Å². The fourth-order valence-electron chi connectivity index (χ4n) is 2.28. The van der Waals surface area contributed by atoms with E-state index in [0.717, 1.165) is 22.4 Å². The maximum Gasteiger partial charge on any atom is 0.170 e. The summed E-state index contributed by atoms with van der Waals surface area (Å²) < 4.78 is 11.1. The number of hydrogen-bond acceptors (Lipinski definition) is 4. The summed E-state index contributed by atoms with van der Waals surface area (Å²) in [6.45, 7) is 2.66. The minimum absolute atomic E-state index is 0.0627. The van der Waals surface area contributed by atoms with Crippen molar-refractivity contribution in [3.8, 4) is 5.75 Å². The van der Waals surface area contributed by atoms with E-state index < -0.39 is 0 Å². The van der Waals surface area contributed by atoms with Gasteiger partial charge in [0.1, 0.15) is 12.4 Å². The van der Waals surface area contributed by atoms with Crippen molar-refractivity contribution in [1.29, 1.82) is 0 Å². The second kappa shape index (κ2) is 5.97. The van der Waals surface area contributed by atoms with E-state index in [9.17, 15) is 0 Å². The van der Waals surface area contributed by atoms with Crippen LogP contribution in [0.5, 0.6) is 5.75 Å². The molecule has 0 aliphatic rings. The van der Waals surface area contributed by atoms with Crippen LogP contribution in [0.1, 0.15) is 16.8 Å². The van der Waals surface area contributed by atoms with Crippen molar-refractivity contribution in [3.05, 3.63) is 59.3 Å². The number of hydrogen-bond donors (Lipinski definition) is 1. The molecule has 0 amide bonds. The lowest BCUT2D eigenvalue weighted by atomic mass is 10.1. The third-order valence-corrected chi connectivity index (χ3v) is 3.52. The fraction of sp³-hybridized carbons (Fsp3) is 0.235. The van der Waals surface area contributed by atoms with Gasteiger partial charge in [0.15, 0.2) is 5.58 Å². The Morgan fingerprint density at radius 3 is 2.86 bits per heavy atom. The highest BCUT2D eigenvalue weighted by molar-refractivity contribution is 5.80. The zero-order valence-electron chi connectivity index (χ0n) is 11.9. The standard InChI is InChI=1S/C17H17NO3/c1-12-4-2-3-5-13(12)11-20-14-6-7-15-16(8-9-19)18-21-17(15)10-14/h2-7,10,19H,8-9,11H2,1H3. The van der Waals surface area contributed by atoms with Gasteiger partial charge in [-0.2, -0.15) is 0 Å². The van der Waals surface area contributed by atoms with E-state index in [1.165, 1.54) is 5.56 Å². The van der Waals surface area contributed by atoms with Gasteiger partial charge in [-0.25, -0.2) is 0 Å². The van der Waals surface area contributed by atoms with Gasteiger partial charge in [-0.15, -0.1) is 0 Å². The number of fused-ring (bicyclic) bond motifs is 1. The molecule has 0 saturated carbocycles. The number of aryl methyl sites for hydroxylation is 1. The van der Waals surface area contributed by atoms with Crippen LogP contribution in [0.15, 0.2) is 47.0 Å². The van der Waals surface area contributed by atoms with Gasteiger partial charge < -0.3 is 14.4 Å². The molecule has 0 saturated heterocycles. The topological polar surface area (TPSA) is 55.5 Å². The molecule has 4 heteroatoms. The Kier molecular flexibility index (Phi) is 3.88. The summed E-state index contributed by atoms with van der Waals surface area (Å²) in [6, 6.07) is 13.8. The second-order valence-corrected chi connectivity index (χ2v) is 4.98. The van der Waals surface area contributed by atoms with Gasteiger partial charge in [0, 0.05) is 24.5 Å². The second-order valence-electron chi connectivity index (χ2n) is 4.98. The largest absolute Gasteiger partial charge is 0.489 e. The van der Waals surface area contributed by atoms with E-state index >= 15 is 0 Å². The monoisotopic (exact) mass is 283 g/mol. The molecule has 2 aromatic carbocycles. The SMILES string of the molecule is Cc1ccccc1COc1ccc2c(CCO)noc2c1. The third kappa shape index (κ3) is 2.90. The highest BCUT2D eigenvalue weighted by Gasteiger charge is 2.09. The van der Waals surface area contributed by atoms with Crippen LogP contribution in [0.3, 0.4) is 0 Å². The van der Waals surface area contributed by atoms with Gasteiger partial charge in [-0.05, 0) is 30.2 Å². The van der Waals surface area contributed by atoms with Crippen LogP contribution in [0.2, 0.25) is 0 Å². The van der Waals surface area contributed by atoms with Gasteiger partial charge in [0.05, 0.1) is 5.69 Å². The lowest BCUT2D eigenvalue weighted by molar-refractivity contribution is 0.295. The first-order valence-electron chi connectivity index (χ1n) is 6.94. The van der Waals surface area contributed by atoms with Crippen LogP contribution in [0.4, 0.5) is 0 Å². The number of aliphatic hydroxyl groups excluding tert-OH is 1. The van der Waals surface area contributed by atoms with Crippen LogP contribution >= 0.6 is 0 Å². The van der Waals surface area contributed by atoms with Gasteiger partial charge in [0.2, 0.25) is 0 Å². The fourth-order valence-corrected chi connectivity index (χ4v) is 2.28. The molecule has 4 nitrogen and oxygen atoms in total. The molecule has 3 aromatic rings. The molecule has 1 aromatic heterocycles. The number of aromatic nitrogens is 1. The molecule has 0 atom stereocenters. The summed E-state index contributed by atoms with van der Waals surface area (Å²) in [4.78, 5) is 0. The first-order chi connectivity index (χ1) is 10.3. The minimum Gasteiger partial charge on any atom is -0.489 e. The number of rotatable bonds is 5. The molecule has 0 aliphatic carbocycles. The summed E-state index contributed by atoms with van der Waals surface area (Å²) in [5.41, 5.74) is 3.83. The molecular formula is C17H17NO3. The van der Waals surface area contributed by atoms with E-state index in [2.05, 4.69) is 24.2 Å². The molecular weight excluding hydrogens is 266 g/mol. The van der Waals surface area contributed by atoms with Crippen LogP contribution < -0.4 is 4.74 Å². The average Bonchev–Trinajstić information content (AvgIpc) is 2.89. The Labute approximate surface area is 123 Å². The van der Waals surface area contributed by atoms with Crippen LogP contribution in [0, 0.1) is 6.92 Å². The quantitative estimate of drug-likeness (QED) is 0.781. The van der Waals surface area contributed by atoms with Crippen molar-refractivity contribution >= 4 is 11.0 Å². The van der Waals surface area contributed by atoms with Crippen molar-refractivity contribution in [2.75, 3.05) is 6.61 Å². The molecule has 0 fully saturated rings. The predicted octanol–water partition coefficient (Wildman–Crippen LogP) is 3.25. The van der Waals surface area contributed by atoms with Gasteiger partial charge >= 0.3 is 0 Å². The number of aliphatic hydroxyl groups is 1. The third-order valence-electron chi connectivity index (χ3n) is 3.52. The van der Waals surface area contributed by atoms with Crippen molar-refractivity contribution in [1.82, 2.24) is 5.16 Å². The Morgan fingerprint density at radius 2 is 2.05 bits per heavy atom. The Morgan fingerprint density at radius 1 is 1.19 bits per heavy atom. The molecule has 0 radical (unpaired) electrons. The van der Waals surface area contributed by atoms with Crippen molar-refractivity contribution in [3.63, 3.8) is 0 Å². The summed E-state index contributed by atoms with van der Waals surface area (Å²) in [7, 11) is 0. The van der Waals surface area contributed by atoms with Gasteiger partial charge in [0.25, 0.3) is 0 Å². The smallest absolute Gasteiger partial charge is 0.170 e. The highest BCUT2D eigenvalue weighted by atomic mass is 16.5. The molecule has 0 bridgehead atoms. The molecule has 108 valence electrons. The molecule has 0 spiro atoms. The Bertz CT molecular complexity index is 749. The van der Waals surface area contributed by atoms with Crippen molar-refractivity contribution in [2.24, 2.45) is 0 Å². The molecule has 3 rings (SSSR count). The van der Waals surface area contributed by atoms with E-state index in [1.807, 2.05) is 30.3 Å². The summed E-state index contributed by atoms with van der Waals surface area (Å²) >= 11 is 0. The molecule has 21 heavy (non-hydrogen) atoms. The highest BCUT2D eigenvalue weighted by Crippen LogP contribution is 2.24. The van der Waals surface area contributed by atoms with E-state index in [1.54, 1.807) is 0 Å².